The van der Waals surface area contributed by atoms with E-state index in [4.69, 9.17) is 4.74 Å². The molecule has 8 heteroatoms. The molecule has 1 aromatic heterocycles. The summed E-state index contributed by atoms with van der Waals surface area (Å²) < 4.78 is 5.93. The van der Waals surface area contributed by atoms with Gasteiger partial charge in [-0.3, -0.25) is 9.89 Å². The summed E-state index contributed by atoms with van der Waals surface area (Å²) >= 11 is 0. The standard InChI is InChI=1S/C28H36N4O4/c1-5-6-15-22(24(33)26(34)31-23-16-17-29-32-23)30-27(35)36-25(28(2,3)4)21-14-10-13-20(18-21)19-11-8-7-9-12-19/h7-14,16-18,22,24-25,33H,5-6,15H2,1-4H3,(H,30,35)(H2,29,31,32,34)/t22-,24+,25?/m0/s1. The van der Waals surface area contributed by atoms with Crippen molar-refractivity contribution >= 4 is 17.8 Å². The largest absolute Gasteiger partial charge is 0.441 e. The maximum absolute atomic E-state index is 13.1. The SMILES string of the molecule is CCCC[C@H](NC(=O)OC(c1cccc(-c2ccccc2)c1)C(C)(C)C)[C@@H](O)C(=O)Nc1ccn[nH]1. The molecule has 0 spiro atoms. The van der Waals surface area contributed by atoms with Crippen LogP contribution in [-0.4, -0.2) is 39.5 Å². The van der Waals surface area contributed by atoms with Crippen molar-refractivity contribution in [3.05, 3.63) is 72.4 Å². The van der Waals surface area contributed by atoms with E-state index in [9.17, 15) is 14.7 Å². The predicted molar refractivity (Wildman–Crippen MR) is 140 cm³/mol. The van der Waals surface area contributed by atoms with Crippen LogP contribution in [0.2, 0.25) is 0 Å². The number of rotatable bonds is 10. The van der Waals surface area contributed by atoms with Crippen LogP contribution in [0.4, 0.5) is 10.6 Å². The minimum absolute atomic E-state index is 0.363. The molecule has 1 heterocycles. The zero-order valence-corrected chi connectivity index (χ0v) is 21.3. The third-order valence-corrected chi connectivity index (χ3v) is 5.89. The lowest BCUT2D eigenvalue weighted by molar-refractivity contribution is -0.125. The van der Waals surface area contributed by atoms with E-state index in [2.05, 4.69) is 20.8 Å². The van der Waals surface area contributed by atoms with Gasteiger partial charge in [-0.15, -0.1) is 0 Å². The number of nitrogens with zero attached hydrogens (tertiary/aromatic N) is 1. The van der Waals surface area contributed by atoms with Crippen molar-refractivity contribution < 1.29 is 19.4 Å². The highest BCUT2D eigenvalue weighted by molar-refractivity contribution is 5.94. The first-order valence-electron chi connectivity index (χ1n) is 12.3. The molecule has 0 aliphatic rings. The average molecular weight is 493 g/mol. The number of carbonyl (C=O) groups is 2. The van der Waals surface area contributed by atoms with E-state index in [0.29, 0.717) is 12.2 Å². The fraction of sp³-hybridized carbons (Fsp3) is 0.393. The van der Waals surface area contributed by atoms with E-state index >= 15 is 0 Å². The Morgan fingerprint density at radius 2 is 1.78 bits per heavy atom. The van der Waals surface area contributed by atoms with Crippen LogP contribution in [-0.2, 0) is 9.53 Å². The van der Waals surface area contributed by atoms with Gasteiger partial charge in [0.25, 0.3) is 5.91 Å². The lowest BCUT2D eigenvalue weighted by Gasteiger charge is -2.32. The molecule has 1 unspecified atom stereocenters. The molecule has 0 radical (unpaired) electrons. The van der Waals surface area contributed by atoms with Gasteiger partial charge in [-0.1, -0.05) is 89.1 Å². The Morgan fingerprint density at radius 1 is 1.06 bits per heavy atom. The number of unbranched alkanes of at least 4 members (excludes halogenated alkanes) is 1. The number of aromatic nitrogens is 2. The minimum Gasteiger partial charge on any atom is -0.441 e. The second kappa shape index (κ2) is 12.4. The molecule has 0 bridgehead atoms. The predicted octanol–water partition coefficient (Wildman–Crippen LogP) is 5.45. The molecule has 0 saturated carbocycles. The van der Waals surface area contributed by atoms with Gasteiger partial charge in [-0.2, -0.15) is 5.10 Å². The number of benzene rings is 2. The molecule has 0 fully saturated rings. The smallest absolute Gasteiger partial charge is 0.408 e. The van der Waals surface area contributed by atoms with Gasteiger partial charge >= 0.3 is 6.09 Å². The second-order valence-corrected chi connectivity index (χ2v) is 9.94. The Balaban J connectivity index is 1.75. The third kappa shape index (κ3) is 7.42. The Hall–Kier alpha value is -3.65. The summed E-state index contributed by atoms with van der Waals surface area (Å²) in [5.74, 6) is -0.273. The topological polar surface area (TPSA) is 116 Å². The molecular weight excluding hydrogens is 456 g/mol. The maximum Gasteiger partial charge on any atom is 0.408 e. The van der Waals surface area contributed by atoms with Crippen molar-refractivity contribution in [2.24, 2.45) is 5.41 Å². The van der Waals surface area contributed by atoms with Gasteiger partial charge in [0.1, 0.15) is 11.9 Å². The number of aliphatic hydroxyl groups is 1. The van der Waals surface area contributed by atoms with Gasteiger partial charge in [0.05, 0.1) is 12.2 Å². The molecule has 36 heavy (non-hydrogen) atoms. The lowest BCUT2D eigenvalue weighted by atomic mass is 9.84. The van der Waals surface area contributed by atoms with Gasteiger partial charge in [-0.25, -0.2) is 4.79 Å². The highest BCUT2D eigenvalue weighted by Crippen LogP contribution is 2.37. The molecule has 192 valence electrons. The molecule has 3 aromatic rings. The van der Waals surface area contributed by atoms with Gasteiger partial charge in [-0.05, 0) is 29.2 Å². The van der Waals surface area contributed by atoms with E-state index in [0.717, 1.165) is 29.5 Å². The average Bonchev–Trinajstić information content (AvgIpc) is 3.37. The Bertz CT molecular complexity index is 1110. The van der Waals surface area contributed by atoms with Gasteiger partial charge in [0.15, 0.2) is 6.10 Å². The van der Waals surface area contributed by atoms with Crippen molar-refractivity contribution in [2.45, 2.75) is 65.2 Å². The van der Waals surface area contributed by atoms with Crippen molar-refractivity contribution in [3.8, 4) is 11.1 Å². The molecular formula is C28H36N4O4. The molecule has 0 aliphatic carbocycles. The van der Waals surface area contributed by atoms with Crippen LogP contribution < -0.4 is 10.6 Å². The van der Waals surface area contributed by atoms with Crippen molar-refractivity contribution in [1.82, 2.24) is 15.5 Å². The van der Waals surface area contributed by atoms with Crippen LogP contribution in [0, 0.1) is 5.41 Å². The second-order valence-electron chi connectivity index (χ2n) is 9.94. The summed E-state index contributed by atoms with van der Waals surface area (Å²) in [5.41, 5.74) is 2.56. The molecule has 2 aromatic carbocycles. The van der Waals surface area contributed by atoms with Crippen molar-refractivity contribution in [3.63, 3.8) is 0 Å². The minimum atomic E-state index is -1.46. The summed E-state index contributed by atoms with van der Waals surface area (Å²) in [6.45, 7) is 8.01. The number of alkyl carbamates (subject to hydrolysis) is 1. The normalized spacial score (nSPS) is 13.9. The fourth-order valence-electron chi connectivity index (χ4n) is 4.00. The summed E-state index contributed by atoms with van der Waals surface area (Å²) in [7, 11) is 0. The quantitative estimate of drug-likeness (QED) is 0.300. The highest BCUT2D eigenvalue weighted by atomic mass is 16.6. The molecule has 3 rings (SSSR count). The zero-order chi connectivity index (χ0) is 26.1. The number of hydrogen-bond acceptors (Lipinski definition) is 5. The Morgan fingerprint density at radius 3 is 2.42 bits per heavy atom. The van der Waals surface area contributed by atoms with Crippen molar-refractivity contribution in [2.75, 3.05) is 5.32 Å². The summed E-state index contributed by atoms with van der Waals surface area (Å²) in [6.07, 6.45) is 0.791. The number of aromatic amines is 1. The van der Waals surface area contributed by atoms with Crippen LogP contribution in [0.1, 0.15) is 58.6 Å². The Labute approximate surface area is 212 Å². The molecule has 2 amide bonds. The first kappa shape index (κ1) is 26.9. The molecule has 3 atom stereocenters. The number of H-pyrrole nitrogens is 1. The van der Waals surface area contributed by atoms with Crippen LogP contribution in [0.3, 0.4) is 0 Å². The Kier molecular flexibility index (Phi) is 9.25. The van der Waals surface area contributed by atoms with Crippen LogP contribution >= 0.6 is 0 Å². The number of aliphatic hydroxyl groups excluding tert-OH is 1. The maximum atomic E-state index is 13.1. The number of carbonyl (C=O) groups excluding carboxylic acids is 2. The molecule has 8 nitrogen and oxygen atoms in total. The number of amides is 2. The van der Waals surface area contributed by atoms with Gasteiger partial charge < -0.3 is 20.5 Å². The van der Waals surface area contributed by atoms with E-state index in [1.54, 1.807) is 6.07 Å². The third-order valence-electron chi connectivity index (χ3n) is 5.89. The van der Waals surface area contributed by atoms with Crippen LogP contribution in [0.25, 0.3) is 11.1 Å². The van der Waals surface area contributed by atoms with Crippen LogP contribution in [0.15, 0.2) is 66.9 Å². The van der Waals surface area contributed by atoms with E-state index in [1.807, 2.05) is 82.3 Å². The van der Waals surface area contributed by atoms with E-state index < -0.39 is 35.7 Å². The lowest BCUT2D eigenvalue weighted by Crippen LogP contribution is -2.49. The summed E-state index contributed by atoms with van der Waals surface area (Å²) in [4.78, 5) is 25.6. The van der Waals surface area contributed by atoms with Gasteiger partial charge in [0.2, 0.25) is 0 Å². The number of ether oxygens (including phenoxy) is 1. The first-order valence-corrected chi connectivity index (χ1v) is 12.3. The summed E-state index contributed by atoms with van der Waals surface area (Å²) in [6, 6.07) is 18.7. The van der Waals surface area contributed by atoms with Crippen LogP contribution in [0.5, 0.6) is 0 Å². The van der Waals surface area contributed by atoms with Gasteiger partial charge in [0, 0.05) is 11.5 Å². The fourth-order valence-corrected chi connectivity index (χ4v) is 4.00. The number of nitrogens with one attached hydrogen (secondary N) is 3. The van der Waals surface area contributed by atoms with E-state index in [1.165, 1.54) is 6.20 Å². The van der Waals surface area contributed by atoms with E-state index in [-0.39, 0.29) is 0 Å². The monoisotopic (exact) mass is 492 g/mol. The first-order chi connectivity index (χ1) is 17.2. The molecule has 0 aliphatic heterocycles. The summed E-state index contributed by atoms with van der Waals surface area (Å²) in [5, 5.41) is 22.4. The highest BCUT2D eigenvalue weighted by Gasteiger charge is 2.33. The zero-order valence-electron chi connectivity index (χ0n) is 21.3. The van der Waals surface area contributed by atoms with Crippen molar-refractivity contribution in [1.29, 1.82) is 0 Å². The number of anilines is 1. The number of hydrogen-bond donors (Lipinski definition) is 4. The molecule has 0 saturated heterocycles. The molecule has 4 N–H and O–H groups in total.